The van der Waals surface area contributed by atoms with Gasteiger partial charge in [-0.25, -0.2) is 4.39 Å². The lowest BCUT2D eigenvalue weighted by Gasteiger charge is -2.33. The second-order valence-electron chi connectivity index (χ2n) is 4.17. The molecule has 2 nitrogen and oxygen atoms in total. The molecule has 0 aromatic carbocycles. The van der Waals surface area contributed by atoms with Crippen molar-refractivity contribution in [3.05, 3.63) is 24.3 Å². The Bertz CT molecular complexity index is 319. The van der Waals surface area contributed by atoms with Crippen molar-refractivity contribution in [2.45, 2.75) is 26.2 Å². The number of pyridine rings is 1. The number of rotatable bonds is 2. The van der Waals surface area contributed by atoms with Crippen molar-refractivity contribution in [1.82, 2.24) is 4.98 Å². The fraction of sp³-hybridized carbons (Fsp3) is 0.583. The van der Waals surface area contributed by atoms with Gasteiger partial charge in [-0.3, -0.25) is 4.98 Å². The Morgan fingerprint density at radius 3 is 2.80 bits per heavy atom. The van der Waals surface area contributed by atoms with Crippen LogP contribution in [-0.2, 0) is 0 Å². The number of halogens is 1. The van der Waals surface area contributed by atoms with Crippen LogP contribution in [0.25, 0.3) is 0 Å². The van der Waals surface area contributed by atoms with Crippen LogP contribution in [-0.4, -0.2) is 18.1 Å². The Morgan fingerprint density at radius 2 is 2.20 bits per heavy atom. The van der Waals surface area contributed by atoms with Gasteiger partial charge in [0.1, 0.15) is 0 Å². The Balaban J connectivity index is 2.04. The molecule has 1 aromatic heterocycles. The monoisotopic (exact) mass is 208 g/mol. The summed E-state index contributed by atoms with van der Waals surface area (Å²) in [6, 6.07) is 1.77. The van der Waals surface area contributed by atoms with Gasteiger partial charge < -0.3 is 4.90 Å². The van der Waals surface area contributed by atoms with Gasteiger partial charge in [0.2, 0.25) is 0 Å². The van der Waals surface area contributed by atoms with Gasteiger partial charge in [-0.2, -0.15) is 0 Å². The molecule has 1 fully saturated rings. The average molecular weight is 208 g/mol. The maximum absolute atomic E-state index is 13.4. The third kappa shape index (κ3) is 2.28. The second-order valence-corrected chi connectivity index (χ2v) is 4.17. The minimum absolute atomic E-state index is 0.201. The van der Waals surface area contributed by atoms with E-state index in [4.69, 9.17) is 0 Å². The number of piperidine rings is 1. The SMILES string of the molecule is CCC1CCN(c2ccncc2F)CC1. The molecule has 0 unspecified atom stereocenters. The molecule has 0 radical (unpaired) electrons. The zero-order valence-corrected chi connectivity index (χ0v) is 9.12. The van der Waals surface area contributed by atoms with E-state index >= 15 is 0 Å². The van der Waals surface area contributed by atoms with Gasteiger partial charge in [0.25, 0.3) is 0 Å². The summed E-state index contributed by atoms with van der Waals surface area (Å²) in [7, 11) is 0. The molecular formula is C12H17FN2. The molecule has 0 spiro atoms. The second kappa shape index (κ2) is 4.60. The van der Waals surface area contributed by atoms with Crippen LogP contribution >= 0.6 is 0 Å². The summed E-state index contributed by atoms with van der Waals surface area (Å²) in [6.45, 7) is 4.17. The molecule has 1 aliphatic heterocycles. The van der Waals surface area contributed by atoms with Crippen LogP contribution in [0.1, 0.15) is 26.2 Å². The smallest absolute Gasteiger partial charge is 0.164 e. The van der Waals surface area contributed by atoms with Crippen LogP contribution in [0.3, 0.4) is 0 Å². The van der Waals surface area contributed by atoms with E-state index in [0.717, 1.165) is 19.0 Å². The fourth-order valence-corrected chi connectivity index (χ4v) is 2.21. The summed E-state index contributed by atoms with van der Waals surface area (Å²) in [5, 5.41) is 0. The highest BCUT2D eigenvalue weighted by molar-refractivity contribution is 5.46. The van der Waals surface area contributed by atoms with Crippen LogP contribution < -0.4 is 4.90 Å². The van der Waals surface area contributed by atoms with Gasteiger partial charge >= 0.3 is 0 Å². The Labute approximate surface area is 90.1 Å². The highest BCUT2D eigenvalue weighted by Gasteiger charge is 2.19. The maximum atomic E-state index is 13.4. The molecular weight excluding hydrogens is 191 g/mol. The first kappa shape index (κ1) is 10.4. The van der Waals surface area contributed by atoms with Crippen molar-refractivity contribution >= 4 is 5.69 Å². The van der Waals surface area contributed by atoms with Crippen molar-refractivity contribution in [3.8, 4) is 0 Å². The highest BCUT2D eigenvalue weighted by Crippen LogP contribution is 2.26. The van der Waals surface area contributed by atoms with Crippen LogP contribution in [0.2, 0.25) is 0 Å². The van der Waals surface area contributed by atoms with Crippen LogP contribution in [0.4, 0.5) is 10.1 Å². The molecule has 0 aliphatic carbocycles. The third-order valence-electron chi connectivity index (χ3n) is 3.28. The van der Waals surface area contributed by atoms with Crippen molar-refractivity contribution in [3.63, 3.8) is 0 Å². The summed E-state index contributed by atoms with van der Waals surface area (Å²) >= 11 is 0. The topological polar surface area (TPSA) is 16.1 Å². The third-order valence-corrected chi connectivity index (χ3v) is 3.28. The van der Waals surface area contributed by atoms with Gasteiger partial charge in [-0.15, -0.1) is 0 Å². The molecule has 3 heteroatoms. The first-order valence-electron chi connectivity index (χ1n) is 5.65. The van der Waals surface area contributed by atoms with Crippen LogP contribution in [0, 0.1) is 11.7 Å². The molecule has 0 saturated carbocycles. The number of nitrogens with zero attached hydrogens (tertiary/aromatic N) is 2. The van der Waals surface area contributed by atoms with Crippen molar-refractivity contribution in [2.24, 2.45) is 5.92 Å². The zero-order chi connectivity index (χ0) is 10.7. The van der Waals surface area contributed by atoms with Gasteiger partial charge in [-0.05, 0) is 24.8 Å². The molecule has 0 amide bonds. The standard InChI is InChI=1S/C12H17FN2/c1-2-10-4-7-15(8-5-10)12-3-6-14-9-11(12)13/h3,6,9-10H,2,4-5,7-8H2,1H3. The summed E-state index contributed by atoms with van der Waals surface area (Å²) in [6.07, 6.45) is 6.55. The average Bonchev–Trinajstić information content (AvgIpc) is 2.30. The molecule has 1 aromatic rings. The number of hydrogen-bond acceptors (Lipinski definition) is 2. The van der Waals surface area contributed by atoms with E-state index in [1.165, 1.54) is 25.5 Å². The summed E-state index contributed by atoms with van der Waals surface area (Å²) in [4.78, 5) is 5.90. The molecule has 0 bridgehead atoms. The Morgan fingerprint density at radius 1 is 1.47 bits per heavy atom. The van der Waals surface area contributed by atoms with E-state index in [2.05, 4.69) is 16.8 Å². The van der Waals surface area contributed by atoms with Gasteiger partial charge in [0.15, 0.2) is 5.82 Å². The summed E-state index contributed by atoms with van der Waals surface area (Å²) in [5.74, 6) is 0.624. The van der Waals surface area contributed by atoms with Crippen molar-refractivity contribution < 1.29 is 4.39 Å². The van der Waals surface area contributed by atoms with Crippen LogP contribution in [0.5, 0.6) is 0 Å². The molecule has 1 saturated heterocycles. The van der Waals surface area contributed by atoms with Gasteiger partial charge in [0.05, 0.1) is 11.9 Å². The fourth-order valence-electron chi connectivity index (χ4n) is 2.21. The van der Waals surface area contributed by atoms with Crippen LogP contribution in [0.15, 0.2) is 18.5 Å². The lowest BCUT2D eigenvalue weighted by atomic mass is 9.94. The molecule has 0 N–H and O–H groups in total. The quantitative estimate of drug-likeness (QED) is 0.743. The van der Waals surface area contributed by atoms with E-state index < -0.39 is 0 Å². The van der Waals surface area contributed by atoms with E-state index in [0.29, 0.717) is 5.69 Å². The van der Waals surface area contributed by atoms with Crippen molar-refractivity contribution in [2.75, 3.05) is 18.0 Å². The maximum Gasteiger partial charge on any atom is 0.164 e. The number of anilines is 1. The minimum atomic E-state index is -0.201. The minimum Gasteiger partial charge on any atom is -0.369 e. The molecule has 1 aliphatic rings. The molecule has 0 atom stereocenters. The lowest BCUT2D eigenvalue weighted by molar-refractivity contribution is 0.392. The molecule has 15 heavy (non-hydrogen) atoms. The van der Waals surface area contributed by atoms with E-state index in [9.17, 15) is 4.39 Å². The predicted molar refractivity (Wildman–Crippen MR) is 59.4 cm³/mol. The van der Waals surface area contributed by atoms with Gasteiger partial charge in [-0.1, -0.05) is 13.3 Å². The van der Waals surface area contributed by atoms with Crippen molar-refractivity contribution in [1.29, 1.82) is 0 Å². The molecule has 2 rings (SSSR count). The normalized spacial score (nSPS) is 18.1. The highest BCUT2D eigenvalue weighted by atomic mass is 19.1. The first-order chi connectivity index (χ1) is 7.31. The molecule has 2 heterocycles. The number of hydrogen-bond donors (Lipinski definition) is 0. The van der Waals surface area contributed by atoms with E-state index in [1.54, 1.807) is 12.3 Å². The summed E-state index contributed by atoms with van der Waals surface area (Å²) in [5.41, 5.74) is 0.708. The lowest BCUT2D eigenvalue weighted by Crippen LogP contribution is -2.34. The number of aromatic nitrogens is 1. The first-order valence-corrected chi connectivity index (χ1v) is 5.65. The van der Waals surface area contributed by atoms with Gasteiger partial charge in [0, 0.05) is 19.3 Å². The van der Waals surface area contributed by atoms with E-state index in [1.807, 2.05) is 0 Å². The zero-order valence-electron chi connectivity index (χ0n) is 9.12. The predicted octanol–water partition coefficient (Wildman–Crippen LogP) is 2.85. The Kier molecular flexibility index (Phi) is 3.19. The van der Waals surface area contributed by atoms with E-state index in [-0.39, 0.29) is 5.82 Å². The summed E-state index contributed by atoms with van der Waals surface area (Å²) < 4.78 is 13.4. The largest absolute Gasteiger partial charge is 0.369 e. The Hall–Kier alpha value is -1.12. The molecule has 82 valence electrons.